The molecule has 3 aromatic carbocycles. The first-order valence-corrected chi connectivity index (χ1v) is 12.1. The third kappa shape index (κ3) is 6.25. The molecule has 0 bridgehead atoms. The molecular weight excluding hydrogens is 446 g/mol. The first kappa shape index (κ1) is 24.0. The number of amides is 2. The smallest absolute Gasteiger partial charge is 0.255 e. The van der Waals surface area contributed by atoms with E-state index in [9.17, 15) is 9.59 Å². The summed E-state index contributed by atoms with van der Waals surface area (Å²) in [5.41, 5.74) is 2.67. The van der Waals surface area contributed by atoms with Gasteiger partial charge in [-0.1, -0.05) is 84.4 Å². The van der Waals surface area contributed by atoms with E-state index in [4.69, 9.17) is 11.6 Å². The molecule has 1 saturated heterocycles. The number of rotatable bonds is 7. The second-order valence-corrected chi connectivity index (χ2v) is 8.95. The molecule has 176 valence electrons. The molecule has 1 aliphatic heterocycles. The highest BCUT2D eigenvalue weighted by Gasteiger charge is 2.22. The number of hydrogen-bond donors (Lipinski definition) is 1. The first-order valence-electron chi connectivity index (χ1n) is 11.8. The molecular formula is C28H30ClN3O2. The Bertz CT molecular complexity index is 1050. The molecule has 0 aliphatic carbocycles. The van der Waals surface area contributed by atoms with E-state index in [1.54, 1.807) is 12.1 Å². The van der Waals surface area contributed by atoms with Gasteiger partial charge in [0.05, 0.1) is 16.6 Å². The second kappa shape index (κ2) is 11.8. The van der Waals surface area contributed by atoms with Crippen molar-refractivity contribution in [3.63, 3.8) is 0 Å². The lowest BCUT2D eigenvalue weighted by atomic mass is 9.98. The predicted octanol–water partition coefficient (Wildman–Crippen LogP) is 4.78. The maximum Gasteiger partial charge on any atom is 0.255 e. The highest BCUT2D eigenvalue weighted by atomic mass is 35.5. The van der Waals surface area contributed by atoms with Crippen LogP contribution in [0, 0.1) is 0 Å². The van der Waals surface area contributed by atoms with Crippen LogP contribution >= 0.6 is 11.6 Å². The van der Waals surface area contributed by atoms with Gasteiger partial charge in [-0.2, -0.15) is 0 Å². The average Bonchev–Trinajstić information content (AvgIpc) is 3.13. The summed E-state index contributed by atoms with van der Waals surface area (Å²) in [7, 11) is 0. The molecule has 0 spiro atoms. The molecule has 5 nitrogen and oxygen atoms in total. The number of carbonyl (C=O) groups excluding carboxylic acids is 2. The van der Waals surface area contributed by atoms with E-state index in [0.717, 1.165) is 30.6 Å². The van der Waals surface area contributed by atoms with Crippen molar-refractivity contribution >= 4 is 23.4 Å². The number of nitrogens with one attached hydrogen (secondary N) is 1. The lowest BCUT2D eigenvalue weighted by Gasteiger charge is -2.23. The molecule has 3 aromatic rings. The van der Waals surface area contributed by atoms with Gasteiger partial charge in [-0.25, -0.2) is 0 Å². The van der Waals surface area contributed by atoms with Gasteiger partial charge < -0.3 is 15.1 Å². The van der Waals surface area contributed by atoms with Gasteiger partial charge in [-0.15, -0.1) is 0 Å². The fraction of sp³-hybridized carbons (Fsp3) is 0.286. The zero-order valence-electron chi connectivity index (χ0n) is 19.2. The normalized spacial score (nSPS) is 14.6. The van der Waals surface area contributed by atoms with Gasteiger partial charge in [-0.3, -0.25) is 9.59 Å². The first-order chi connectivity index (χ1) is 16.6. The van der Waals surface area contributed by atoms with Gasteiger partial charge >= 0.3 is 0 Å². The molecule has 1 aliphatic rings. The Labute approximate surface area is 206 Å². The molecule has 1 N–H and O–H groups in total. The zero-order valence-corrected chi connectivity index (χ0v) is 20.0. The van der Waals surface area contributed by atoms with Crippen molar-refractivity contribution in [2.75, 3.05) is 32.7 Å². The summed E-state index contributed by atoms with van der Waals surface area (Å²) >= 11 is 6.22. The Hall–Kier alpha value is -3.15. The molecule has 34 heavy (non-hydrogen) atoms. The minimum atomic E-state index is -0.178. The maximum absolute atomic E-state index is 12.9. The molecule has 2 amide bonds. The third-order valence-corrected chi connectivity index (χ3v) is 6.54. The van der Waals surface area contributed by atoms with Crippen molar-refractivity contribution < 1.29 is 9.59 Å². The molecule has 0 atom stereocenters. The van der Waals surface area contributed by atoms with Crippen molar-refractivity contribution in [3.8, 4) is 0 Å². The van der Waals surface area contributed by atoms with Crippen molar-refractivity contribution in [3.05, 3.63) is 107 Å². The molecule has 4 rings (SSSR count). The number of hydrogen-bond acceptors (Lipinski definition) is 3. The summed E-state index contributed by atoms with van der Waals surface area (Å²) in [5, 5.41) is 3.70. The van der Waals surface area contributed by atoms with Crippen LogP contribution in [0.15, 0.2) is 84.9 Å². The Kier molecular flexibility index (Phi) is 8.34. The monoisotopic (exact) mass is 475 g/mol. The standard InChI is InChI=1S/C28H30ClN3O2/c29-25-15-8-7-14-24(25)28(34)32-18-9-17-31(20-21-32)19-16-26(33)30-27(22-10-3-1-4-11-22)23-12-5-2-6-13-23/h1-8,10-15,27H,9,16-21H2,(H,30,33). The lowest BCUT2D eigenvalue weighted by molar-refractivity contribution is -0.121. The third-order valence-electron chi connectivity index (χ3n) is 6.21. The number of benzene rings is 3. The highest BCUT2D eigenvalue weighted by molar-refractivity contribution is 6.33. The number of halogens is 1. The minimum absolute atomic E-state index is 0.0194. The molecule has 1 heterocycles. The SMILES string of the molecule is O=C(CCN1CCCN(C(=O)c2ccccc2Cl)CC1)NC(c1ccccc1)c1ccccc1. The van der Waals surface area contributed by atoms with Crippen LogP contribution in [0.3, 0.4) is 0 Å². The summed E-state index contributed by atoms with van der Waals surface area (Å²) in [6.07, 6.45) is 1.28. The molecule has 0 unspecified atom stereocenters. The summed E-state index contributed by atoms with van der Waals surface area (Å²) in [4.78, 5) is 29.9. The summed E-state index contributed by atoms with van der Waals surface area (Å²) in [5.74, 6) is -0.00953. The molecule has 0 saturated carbocycles. The Morgan fingerprint density at radius 3 is 2.06 bits per heavy atom. The van der Waals surface area contributed by atoms with E-state index in [1.807, 2.05) is 77.7 Å². The topological polar surface area (TPSA) is 52.7 Å². The predicted molar refractivity (Wildman–Crippen MR) is 136 cm³/mol. The second-order valence-electron chi connectivity index (χ2n) is 8.54. The number of carbonyl (C=O) groups is 2. The fourth-order valence-corrected chi connectivity index (χ4v) is 4.56. The summed E-state index contributed by atoms with van der Waals surface area (Å²) in [6, 6.07) is 27.1. The van der Waals surface area contributed by atoms with E-state index >= 15 is 0 Å². The molecule has 1 fully saturated rings. The zero-order chi connectivity index (χ0) is 23.8. The fourth-order valence-electron chi connectivity index (χ4n) is 4.35. The van der Waals surface area contributed by atoms with Gasteiger partial charge in [0.2, 0.25) is 5.91 Å². The summed E-state index contributed by atoms with van der Waals surface area (Å²) < 4.78 is 0. The Balaban J connectivity index is 1.32. The van der Waals surface area contributed by atoms with E-state index in [1.165, 1.54) is 0 Å². The van der Waals surface area contributed by atoms with E-state index in [-0.39, 0.29) is 17.9 Å². The van der Waals surface area contributed by atoms with E-state index in [2.05, 4.69) is 10.2 Å². The van der Waals surface area contributed by atoms with Crippen LogP contribution < -0.4 is 5.32 Å². The van der Waals surface area contributed by atoms with Crippen LogP contribution in [0.5, 0.6) is 0 Å². The Morgan fingerprint density at radius 1 is 0.794 bits per heavy atom. The maximum atomic E-state index is 12.9. The van der Waals surface area contributed by atoms with Crippen molar-refractivity contribution in [1.82, 2.24) is 15.1 Å². The quantitative estimate of drug-likeness (QED) is 0.535. The molecule has 0 radical (unpaired) electrons. The highest BCUT2D eigenvalue weighted by Crippen LogP contribution is 2.22. The largest absolute Gasteiger partial charge is 0.345 e. The minimum Gasteiger partial charge on any atom is -0.345 e. The van der Waals surface area contributed by atoms with Gasteiger partial charge in [0, 0.05) is 32.6 Å². The van der Waals surface area contributed by atoms with Crippen LogP contribution in [-0.2, 0) is 4.79 Å². The van der Waals surface area contributed by atoms with Crippen LogP contribution in [-0.4, -0.2) is 54.3 Å². The van der Waals surface area contributed by atoms with E-state index < -0.39 is 0 Å². The average molecular weight is 476 g/mol. The van der Waals surface area contributed by atoms with Crippen molar-refractivity contribution in [2.45, 2.75) is 18.9 Å². The van der Waals surface area contributed by atoms with Crippen molar-refractivity contribution in [1.29, 1.82) is 0 Å². The van der Waals surface area contributed by atoms with Gasteiger partial charge in [0.15, 0.2) is 0 Å². The van der Waals surface area contributed by atoms with Crippen molar-refractivity contribution in [2.24, 2.45) is 0 Å². The lowest BCUT2D eigenvalue weighted by Crippen LogP contribution is -2.37. The van der Waals surface area contributed by atoms with Gasteiger partial charge in [0.25, 0.3) is 5.91 Å². The summed E-state index contributed by atoms with van der Waals surface area (Å²) in [6.45, 7) is 3.58. The van der Waals surface area contributed by atoms with Gasteiger partial charge in [0.1, 0.15) is 0 Å². The Morgan fingerprint density at radius 2 is 1.41 bits per heavy atom. The van der Waals surface area contributed by atoms with Crippen LogP contribution in [0.2, 0.25) is 5.02 Å². The molecule has 6 heteroatoms. The van der Waals surface area contributed by atoms with Crippen LogP contribution in [0.25, 0.3) is 0 Å². The van der Waals surface area contributed by atoms with E-state index in [0.29, 0.717) is 36.6 Å². The van der Waals surface area contributed by atoms with Crippen LogP contribution in [0.4, 0.5) is 0 Å². The number of nitrogens with zero attached hydrogens (tertiary/aromatic N) is 2. The van der Waals surface area contributed by atoms with Gasteiger partial charge in [-0.05, 0) is 36.2 Å². The molecule has 0 aromatic heterocycles. The van der Waals surface area contributed by atoms with Crippen LogP contribution in [0.1, 0.15) is 40.4 Å².